The Balaban J connectivity index is 1.63. The number of nitrogens with two attached hydrogens (primary N) is 1. The Morgan fingerprint density at radius 3 is 2.60 bits per heavy atom. The number of fused-ring (bicyclic) bond motifs is 1. The number of benzene rings is 2. The summed E-state index contributed by atoms with van der Waals surface area (Å²) < 4.78 is 0. The van der Waals surface area contributed by atoms with E-state index in [9.17, 15) is 4.79 Å². The molecule has 30 heavy (non-hydrogen) atoms. The number of hydrazine groups is 1. The van der Waals surface area contributed by atoms with Gasteiger partial charge in [-0.15, -0.1) is 0 Å². The summed E-state index contributed by atoms with van der Waals surface area (Å²) >= 11 is 0. The minimum atomic E-state index is -0.392. The van der Waals surface area contributed by atoms with Gasteiger partial charge in [-0.3, -0.25) is 20.6 Å². The Morgan fingerprint density at radius 1 is 1.00 bits per heavy atom. The maximum absolute atomic E-state index is 12.2. The van der Waals surface area contributed by atoms with Gasteiger partial charge < -0.3 is 10.6 Å². The van der Waals surface area contributed by atoms with Gasteiger partial charge in [0.15, 0.2) is 11.6 Å². The highest BCUT2D eigenvalue weighted by Crippen LogP contribution is 2.35. The quantitative estimate of drug-likeness (QED) is 0.426. The molecule has 2 aromatic heterocycles. The topological polar surface area (TPSA) is 109 Å². The molecule has 4 N–H and O–H groups in total. The van der Waals surface area contributed by atoms with Crippen molar-refractivity contribution in [3.8, 4) is 0 Å². The number of nitrogens with zero attached hydrogens (tertiary/aromatic N) is 4. The smallest absolute Gasteiger partial charge is 0.288 e. The summed E-state index contributed by atoms with van der Waals surface area (Å²) in [5.41, 5.74) is 13.3. The van der Waals surface area contributed by atoms with Gasteiger partial charge >= 0.3 is 0 Å². The third-order valence-electron chi connectivity index (χ3n) is 4.68. The molecule has 0 bridgehead atoms. The monoisotopic (exact) mass is 399 g/mol. The van der Waals surface area contributed by atoms with Crippen LogP contribution >= 0.6 is 0 Å². The summed E-state index contributed by atoms with van der Waals surface area (Å²) in [6.45, 7) is 2.67. The first kappa shape index (κ1) is 19.1. The van der Waals surface area contributed by atoms with E-state index < -0.39 is 5.91 Å². The zero-order valence-electron chi connectivity index (χ0n) is 16.4. The molecule has 4 rings (SSSR count). The van der Waals surface area contributed by atoms with Crippen LogP contribution in [0.4, 0.5) is 23.0 Å². The zero-order chi connectivity index (χ0) is 20.9. The average molecular weight is 399 g/mol. The summed E-state index contributed by atoms with van der Waals surface area (Å²) in [5, 5.41) is 2.22. The van der Waals surface area contributed by atoms with E-state index >= 15 is 0 Å². The van der Waals surface area contributed by atoms with Crippen LogP contribution in [0.3, 0.4) is 0 Å². The van der Waals surface area contributed by atoms with Crippen molar-refractivity contribution in [3.05, 3.63) is 78.9 Å². The normalized spacial score (nSPS) is 10.6. The van der Waals surface area contributed by atoms with Crippen molar-refractivity contribution in [2.45, 2.75) is 6.92 Å². The molecule has 2 heterocycles. The van der Waals surface area contributed by atoms with Gasteiger partial charge in [-0.05, 0) is 30.5 Å². The molecule has 0 saturated heterocycles. The molecule has 4 aromatic rings. The van der Waals surface area contributed by atoms with E-state index in [1.54, 1.807) is 24.4 Å². The molecule has 0 atom stereocenters. The number of rotatable bonds is 6. The Hall–Kier alpha value is -4.20. The van der Waals surface area contributed by atoms with Crippen LogP contribution in [-0.4, -0.2) is 27.4 Å². The molecule has 8 heteroatoms. The first-order chi connectivity index (χ1) is 14.7. The number of carbonyl (C=O) groups is 1. The van der Waals surface area contributed by atoms with Gasteiger partial charge in [0.1, 0.15) is 17.7 Å². The average Bonchev–Trinajstić information content (AvgIpc) is 2.80. The van der Waals surface area contributed by atoms with Crippen molar-refractivity contribution in [1.29, 1.82) is 0 Å². The van der Waals surface area contributed by atoms with Crippen molar-refractivity contribution in [3.63, 3.8) is 0 Å². The second-order valence-corrected chi connectivity index (χ2v) is 6.50. The van der Waals surface area contributed by atoms with Gasteiger partial charge in [0.2, 0.25) is 0 Å². The summed E-state index contributed by atoms with van der Waals surface area (Å²) in [6.07, 6.45) is 2.96. The second kappa shape index (κ2) is 8.44. The van der Waals surface area contributed by atoms with E-state index in [4.69, 9.17) is 5.73 Å². The maximum atomic E-state index is 12.2. The fourth-order valence-corrected chi connectivity index (χ4v) is 3.26. The van der Waals surface area contributed by atoms with Crippen LogP contribution in [0.1, 0.15) is 17.4 Å². The summed E-state index contributed by atoms with van der Waals surface area (Å²) in [4.78, 5) is 26.8. The number of nitrogen functional groups attached to an aromatic ring is 1. The number of amides is 1. The molecule has 0 saturated carbocycles. The molecule has 0 aliphatic carbocycles. The first-order valence-corrected chi connectivity index (χ1v) is 9.52. The molecule has 0 spiro atoms. The van der Waals surface area contributed by atoms with E-state index in [0.717, 1.165) is 16.5 Å². The highest BCUT2D eigenvalue weighted by atomic mass is 16.2. The second-order valence-electron chi connectivity index (χ2n) is 6.50. The number of aromatic nitrogens is 3. The summed E-state index contributed by atoms with van der Waals surface area (Å²) in [6, 6.07) is 19.3. The van der Waals surface area contributed by atoms with Crippen molar-refractivity contribution < 1.29 is 4.79 Å². The molecule has 0 aliphatic heterocycles. The predicted octanol–water partition coefficient (Wildman–Crippen LogP) is 3.52. The van der Waals surface area contributed by atoms with Crippen LogP contribution in [0, 0.1) is 0 Å². The number of nitrogens with one attached hydrogen (secondary N) is 2. The third kappa shape index (κ3) is 3.70. The van der Waals surface area contributed by atoms with Crippen LogP contribution in [0.2, 0.25) is 0 Å². The number of hydrogen-bond donors (Lipinski definition) is 3. The molecule has 2 aromatic carbocycles. The van der Waals surface area contributed by atoms with Gasteiger partial charge in [-0.2, -0.15) is 0 Å². The van der Waals surface area contributed by atoms with Crippen LogP contribution in [0.15, 0.2) is 73.2 Å². The summed E-state index contributed by atoms with van der Waals surface area (Å²) in [5.74, 6) is 0.470. The molecular formula is C22H21N7O. The minimum absolute atomic E-state index is 0.281. The highest BCUT2D eigenvalue weighted by Gasteiger charge is 2.18. The van der Waals surface area contributed by atoms with Crippen molar-refractivity contribution in [2.75, 3.05) is 22.6 Å². The SMILES string of the molecule is CCN(c1ncnc(NNC(=O)c2ccccn2)c1N)c1cccc2ccccc12. The van der Waals surface area contributed by atoms with Gasteiger partial charge in [0.05, 0.1) is 5.69 Å². The van der Waals surface area contributed by atoms with Gasteiger partial charge in [-0.25, -0.2) is 9.97 Å². The molecule has 8 nitrogen and oxygen atoms in total. The number of pyridine rings is 1. The fourth-order valence-electron chi connectivity index (χ4n) is 3.26. The van der Waals surface area contributed by atoms with Gasteiger partial charge in [0.25, 0.3) is 5.91 Å². The molecule has 0 unspecified atom stereocenters. The standard InChI is InChI=1S/C22H21N7O/c1-2-29(18-12-7-9-15-8-3-4-10-16(15)18)21-19(23)20(25-14-26-21)27-28-22(30)17-11-5-6-13-24-17/h3-14H,2,23H2,1H3,(H,28,30)(H,25,26,27). The lowest BCUT2D eigenvalue weighted by molar-refractivity contribution is 0.0957. The van der Waals surface area contributed by atoms with Crippen LogP contribution < -0.4 is 21.5 Å². The van der Waals surface area contributed by atoms with Gasteiger partial charge in [0, 0.05) is 18.1 Å². The lowest BCUT2D eigenvalue weighted by Crippen LogP contribution is -2.31. The van der Waals surface area contributed by atoms with E-state index in [1.807, 2.05) is 36.1 Å². The van der Waals surface area contributed by atoms with E-state index in [1.165, 1.54) is 6.33 Å². The molecule has 0 fully saturated rings. The van der Waals surface area contributed by atoms with E-state index in [2.05, 4.69) is 44.0 Å². The Kier molecular flexibility index (Phi) is 5.38. The summed E-state index contributed by atoms with van der Waals surface area (Å²) in [7, 11) is 0. The zero-order valence-corrected chi connectivity index (χ0v) is 16.4. The highest BCUT2D eigenvalue weighted by molar-refractivity contribution is 5.97. The Labute approximate surface area is 173 Å². The maximum Gasteiger partial charge on any atom is 0.288 e. The van der Waals surface area contributed by atoms with Gasteiger partial charge in [-0.1, -0.05) is 42.5 Å². The van der Waals surface area contributed by atoms with Crippen molar-refractivity contribution in [2.24, 2.45) is 0 Å². The largest absolute Gasteiger partial charge is 0.393 e. The minimum Gasteiger partial charge on any atom is -0.393 e. The lowest BCUT2D eigenvalue weighted by Gasteiger charge is -2.25. The first-order valence-electron chi connectivity index (χ1n) is 9.52. The molecular weight excluding hydrogens is 378 g/mol. The van der Waals surface area contributed by atoms with Crippen LogP contribution in [-0.2, 0) is 0 Å². The Bertz CT molecular complexity index is 1180. The molecule has 0 aliphatic rings. The molecule has 1 amide bonds. The lowest BCUT2D eigenvalue weighted by atomic mass is 10.1. The predicted molar refractivity (Wildman–Crippen MR) is 118 cm³/mol. The number of hydrogen-bond acceptors (Lipinski definition) is 7. The fraction of sp³-hybridized carbons (Fsp3) is 0.0909. The van der Waals surface area contributed by atoms with Crippen LogP contribution in [0.25, 0.3) is 10.8 Å². The van der Waals surface area contributed by atoms with Crippen molar-refractivity contribution in [1.82, 2.24) is 20.4 Å². The van der Waals surface area contributed by atoms with E-state index in [-0.39, 0.29) is 5.69 Å². The van der Waals surface area contributed by atoms with Crippen LogP contribution in [0.5, 0.6) is 0 Å². The number of carbonyl (C=O) groups excluding carboxylic acids is 1. The number of anilines is 4. The van der Waals surface area contributed by atoms with Crippen molar-refractivity contribution >= 4 is 39.7 Å². The molecule has 150 valence electrons. The Morgan fingerprint density at radius 2 is 1.80 bits per heavy atom. The third-order valence-corrected chi connectivity index (χ3v) is 4.68. The van der Waals surface area contributed by atoms with E-state index in [0.29, 0.717) is 23.9 Å². The molecule has 0 radical (unpaired) electrons.